The Morgan fingerprint density at radius 3 is 1.12 bits per heavy atom. The van der Waals surface area contributed by atoms with Crippen LogP contribution in [0, 0.1) is 0 Å². The number of pyridine rings is 3. The molecule has 0 amide bonds. The molecule has 3 atom stereocenters. The normalized spacial score (nSPS) is 13.5. The molecule has 3 N–H and O–H groups in total. The number of halogens is 6. The first-order chi connectivity index (χ1) is 46.1. The fourth-order valence-electron chi connectivity index (χ4n) is 12.3. The van der Waals surface area contributed by atoms with E-state index in [4.69, 9.17) is 54.2 Å². The standard InChI is InChI=1S/C30H26BrClN2O.C26H24BrClN2O.C24H22BrClN2O2/c1-34(2)16-15-30(35,26-14-8-12-20-11-6-7-13-24(20)26)27-19-23(31)17-22-18-25(29(32)33-28(22)27)21-9-4-3-5-10-21;1-30(2)14-13-26(31,20-11-7-4-8-12-20)23-17-21(27)15-19-16-22(25(28)29-24(19)23)18-9-5-3-6-10-18;1-28(2)11-10-24(29,21-9-6-12-30-21)20-15-18(25)13-17-14-19(23(26)27-22(17)20)16-7-4-3-5-8-16/h3-14,17-19,35H,15-16H2,1-2H3;3-12,15-17,31H,13-14H2,1-2H3;3-9,12-15,29H,10-11H2,1-2H3. The summed E-state index contributed by atoms with van der Waals surface area (Å²) in [7, 11) is 12.0. The second kappa shape index (κ2) is 30.7. The second-order valence-electron chi connectivity index (χ2n) is 24.8. The minimum atomic E-state index is -1.35. The number of hydrogen-bond acceptors (Lipinski definition) is 10. The predicted molar refractivity (Wildman–Crippen MR) is 407 cm³/mol. The molecule has 4 aromatic heterocycles. The fourth-order valence-corrected chi connectivity index (χ4v) is 14.5. The zero-order valence-electron chi connectivity index (χ0n) is 54.0. The first-order valence-corrected chi connectivity index (χ1v) is 34.9. The molecule has 0 aliphatic rings. The largest absolute Gasteiger partial charge is 0.466 e. The van der Waals surface area contributed by atoms with Gasteiger partial charge in [-0.25, -0.2) is 15.0 Å². The van der Waals surface area contributed by atoms with Crippen LogP contribution in [0.4, 0.5) is 0 Å². The lowest BCUT2D eigenvalue weighted by Gasteiger charge is -2.33. The van der Waals surface area contributed by atoms with Gasteiger partial charge in [-0.2, -0.15) is 0 Å². The molecule has 0 saturated carbocycles. The van der Waals surface area contributed by atoms with Crippen molar-refractivity contribution >= 4 is 126 Å². The summed E-state index contributed by atoms with van der Waals surface area (Å²) in [6.07, 6.45) is 3.04. The molecule has 488 valence electrons. The van der Waals surface area contributed by atoms with Crippen LogP contribution in [0.25, 0.3) is 76.9 Å². The highest BCUT2D eigenvalue weighted by Gasteiger charge is 2.39. The van der Waals surface area contributed by atoms with Gasteiger partial charge in [0.1, 0.15) is 32.4 Å². The maximum Gasteiger partial charge on any atom is 0.150 e. The average molecular weight is 1530 g/mol. The van der Waals surface area contributed by atoms with Gasteiger partial charge in [-0.1, -0.05) is 246 Å². The summed E-state index contributed by atoms with van der Waals surface area (Å²) in [5.41, 5.74) is 7.65. The van der Waals surface area contributed by atoms with Crippen LogP contribution in [-0.4, -0.2) is 107 Å². The minimum absolute atomic E-state index is 0.395. The van der Waals surface area contributed by atoms with Crippen LogP contribution in [0.1, 0.15) is 52.8 Å². The van der Waals surface area contributed by atoms with Crippen molar-refractivity contribution in [3.05, 3.63) is 299 Å². The molecule has 0 radical (unpaired) electrons. The van der Waals surface area contributed by atoms with Crippen molar-refractivity contribution in [1.29, 1.82) is 0 Å². The van der Waals surface area contributed by atoms with E-state index >= 15 is 0 Å². The third kappa shape index (κ3) is 15.5. The van der Waals surface area contributed by atoms with Crippen molar-refractivity contribution in [1.82, 2.24) is 29.7 Å². The minimum Gasteiger partial charge on any atom is -0.466 e. The third-order valence-electron chi connectivity index (χ3n) is 17.3. The first-order valence-electron chi connectivity index (χ1n) is 31.4. The van der Waals surface area contributed by atoms with Crippen LogP contribution in [-0.2, 0) is 16.8 Å². The number of rotatable bonds is 18. The summed E-state index contributed by atoms with van der Waals surface area (Å²) < 4.78 is 8.27. The van der Waals surface area contributed by atoms with E-state index in [1.807, 2.05) is 241 Å². The predicted octanol–water partition coefficient (Wildman–Crippen LogP) is 20.3. The molecule has 0 fully saturated rings. The zero-order valence-corrected chi connectivity index (χ0v) is 61.0. The van der Waals surface area contributed by atoms with Crippen molar-refractivity contribution in [2.24, 2.45) is 0 Å². The van der Waals surface area contributed by atoms with Crippen LogP contribution >= 0.6 is 82.6 Å². The molecule has 0 spiro atoms. The van der Waals surface area contributed by atoms with E-state index in [9.17, 15) is 15.3 Å². The highest BCUT2D eigenvalue weighted by atomic mass is 79.9. The Morgan fingerprint density at radius 2 is 0.719 bits per heavy atom. The van der Waals surface area contributed by atoms with Gasteiger partial charge >= 0.3 is 0 Å². The molecule has 10 nitrogen and oxygen atoms in total. The smallest absolute Gasteiger partial charge is 0.150 e. The molecule has 4 heterocycles. The quantitative estimate of drug-likeness (QED) is 0.0716. The van der Waals surface area contributed by atoms with Crippen LogP contribution in [0.2, 0.25) is 15.5 Å². The lowest BCUT2D eigenvalue weighted by Crippen LogP contribution is -2.32. The SMILES string of the molecule is CN(C)CCC(O)(c1cccc2ccccc12)c1cc(Br)cc2cc(-c3ccccc3)c(Cl)nc12.CN(C)CCC(O)(c1ccccc1)c1cc(Br)cc2cc(-c3ccccc3)c(Cl)nc12.CN(C)CCC(O)(c1ccco1)c1cc(Br)cc2cc(-c3ccccc3)c(Cl)nc12. The molecular formula is C80H72Br3Cl3N6O4. The van der Waals surface area contributed by atoms with E-state index in [0.29, 0.717) is 75.7 Å². The van der Waals surface area contributed by atoms with Gasteiger partial charge in [-0.3, -0.25) is 0 Å². The highest BCUT2D eigenvalue weighted by molar-refractivity contribution is 9.11. The molecule has 16 heteroatoms. The van der Waals surface area contributed by atoms with E-state index in [-0.39, 0.29) is 0 Å². The Hall–Kier alpha value is -7.18. The Morgan fingerprint density at radius 1 is 0.365 bits per heavy atom. The van der Waals surface area contributed by atoms with Gasteiger partial charge in [0, 0.05) is 89.0 Å². The van der Waals surface area contributed by atoms with Crippen molar-refractivity contribution in [3.63, 3.8) is 0 Å². The van der Waals surface area contributed by atoms with E-state index in [2.05, 4.69) is 81.9 Å². The van der Waals surface area contributed by atoms with Gasteiger partial charge in [0.25, 0.3) is 0 Å². The number of benzene rings is 9. The van der Waals surface area contributed by atoms with Gasteiger partial charge < -0.3 is 34.4 Å². The number of furan rings is 1. The topological polar surface area (TPSA) is 122 Å². The number of aromatic nitrogens is 3. The summed E-state index contributed by atoms with van der Waals surface area (Å²) in [6.45, 7) is 2.08. The molecule has 96 heavy (non-hydrogen) atoms. The Balaban J connectivity index is 0.000000147. The molecular weight excluding hydrogens is 1450 g/mol. The second-order valence-corrected chi connectivity index (χ2v) is 28.6. The van der Waals surface area contributed by atoms with Gasteiger partial charge in [0.2, 0.25) is 0 Å². The summed E-state index contributed by atoms with van der Waals surface area (Å²) in [5, 5.41) is 42.6. The van der Waals surface area contributed by atoms with E-state index in [1.54, 1.807) is 18.4 Å². The summed E-state index contributed by atoms with van der Waals surface area (Å²) in [5.74, 6) is 0.480. The first kappa shape index (κ1) is 70.1. The molecule has 9 aromatic carbocycles. The molecule has 0 saturated heterocycles. The third-order valence-corrected chi connectivity index (χ3v) is 19.5. The number of fused-ring (bicyclic) bond motifs is 4. The molecule has 13 aromatic rings. The molecule has 0 bridgehead atoms. The van der Waals surface area contributed by atoms with Gasteiger partial charge in [-0.05, 0) is 160 Å². The van der Waals surface area contributed by atoms with Crippen molar-refractivity contribution in [2.45, 2.75) is 36.1 Å². The zero-order chi connectivity index (χ0) is 67.9. The van der Waals surface area contributed by atoms with Gasteiger partial charge in [-0.15, -0.1) is 0 Å². The molecule has 13 rings (SSSR count). The Labute approximate surface area is 601 Å². The summed E-state index contributed by atoms with van der Waals surface area (Å²) in [4.78, 5) is 20.6. The molecule has 0 aliphatic heterocycles. The lowest BCUT2D eigenvalue weighted by atomic mass is 9.80. The van der Waals surface area contributed by atoms with Crippen molar-refractivity contribution < 1.29 is 19.7 Å². The van der Waals surface area contributed by atoms with Crippen molar-refractivity contribution in [2.75, 3.05) is 61.9 Å². The number of nitrogens with zero attached hydrogens (tertiary/aromatic N) is 6. The Kier molecular flexibility index (Phi) is 22.4. The van der Waals surface area contributed by atoms with Gasteiger partial charge in [0.05, 0.1) is 22.8 Å². The molecule has 0 aliphatic carbocycles. The van der Waals surface area contributed by atoms with Crippen LogP contribution in [0.5, 0.6) is 0 Å². The Bertz CT molecular complexity index is 4840. The van der Waals surface area contributed by atoms with Crippen LogP contribution in [0.15, 0.2) is 255 Å². The van der Waals surface area contributed by atoms with Crippen molar-refractivity contribution in [3.8, 4) is 33.4 Å². The maximum atomic E-state index is 12.6. The van der Waals surface area contributed by atoms with E-state index < -0.39 is 16.8 Å². The van der Waals surface area contributed by atoms with Crippen LogP contribution in [0.3, 0.4) is 0 Å². The summed E-state index contributed by atoms with van der Waals surface area (Å²) in [6, 6.07) is 75.5. The molecule has 3 unspecified atom stereocenters. The van der Waals surface area contributed by atoms with E-state index in [0.717, 1.165) is 103 Å². The maximum absolute atomic E-state index is 12.6. The monoisotopic (exact) mass is 1520 g/mol. The highest BCUT2D eigenvalue weighted by Crippen LogP contribution is 2.46. The average Bonchev–Trinajstić information content (AvgIpc) is 0.799. The number of aliphatic hydroxyl groups is 3. The van der Waals surface area contributed by atoms with Gasteiger partial charge in [0.15, 0.2) is 5.60 Å². The van der Waals surface area contributed by atoms with E-state index in [1.165, 1.54) is 0 Å². The fraction of sp³-hybridized carbons (Fsp3) is 0.188. The van der Waals surface area contributed by atoms with Crippen LogP contribution < -0.4 is 0 Å². The lowest BCUT2D eigenvalue weighted by molar-refractivity contribution is 0.0420. The summed E-state index contributed by atoms with van der Waals surface area (Å²) >= 11 is 31.0. The number of hydrogen-bond donors (Lipinski definition) is 3.